The Labute approximate surface area is 201 Å². The van der Waals surface area contributed by atoms with E-state index in [0.29, 0.717) is 36.4 Å². The SMILES string of the molecule is CCN1C(=O)c2c(nc(CN=O)n2Cc2ccc(O)c(Cl)c2)N2C[C@@H](Cc3ccccc3)N=C12. The Kier molecular flexibility index (Phi) is 5.79. The van der Waals surface area contributed by atoms with Crippen molar-refractivity contribution in [2.24, 2.45) is 10.2 Å². The Morgan fingerprint density at radius 1 is 1.18 bits per heavy atom. The third-order valence-electron chi connectivity index (χ3n) is 6.09. The molecule has 2 aliphatic heterocycles. The lowest BCUT2D eigenvalue weighted by Crippen LogP contribution is -2.50. The van der Waals surface area contributed by atoms with Crippen molar-refractivity contribution in [1.29, 1.82) is 0 Å². The molecule has 2 aliphatic rings. The molecule has 0 unspecified atom stereocenters. The summed E-state index contributed by atoms with van der Waals surface area (Å²) in [6.07, 6.45) is 0.747. The first-order chi connectivity index (χ1) is 16.5. The smallest absolute Gasteiger partial charge is 0.281 e. The maximum atomic E-state index is 13.6. The van der Waals surface area contributed by atoms with E-state index in [1.54, 1.807) is 21.6 Å². The van der Waals surface area contributed by atoms with Crippen molar-refractivity contribution in [3.8, 4) is 5.75 Å². The number of carbonyl (C=O) groups excluding carboxylic acids is 1. The number of anilines is 1. The van der Waals surface area contributed by atoms with Crippen LogP contribution >= 0.6 is 11.6 Å². The van der Waals surface area contributed by atoms with Crippen molar-refractivity contribution < 1.29 is 9.90 Å². The number of rotatable bonds is 7. The number of hydrogen-bond donors (Lipinski definition) is 1. The number of carbonyl (C=O) groups is 1. The Balaban J connectivity index is 1.54. The van der Waals surface area contributed by atoms with Crippen LogP contribution in [-0.4, -0.2) is 50.6 Å². The van der Waals surface area contributed by atoms with E-state index in [1.165, 1.54) is 11.6 Å². The third-order valence-corrected chi connectivity index (χ3v) is 6.40. The van der Waals surface area contributed by atoms with Crippen LogP contribution in [0, 0.1) is 4.91 Å². The number of hydrogen-bond acceptors (Lipinski definition) is 7. The minimum atomic E-state index is -0.220. The third kappa shape index (κ3) is 3.81. The molecular weight excluding hydrogens is 456 g/mol. The summed E-state index contributed by atoms with van der Waals surface area (Å²) in [6, 6.07) is 14.9. The van der Waals surface area contributed by atoms with Crippen molar-refractivity contribution in [2.75, 3.05) is 18.0 Å². The molecule has 0 bridgehead atoms. The van der Waals surface area contributed by atoms with E-state index >= 15 is 0 Å². The molecule has 3 heterocycles. The number of amides is 1. The van der Waals surface area contributed by atoms with Crippen LogP contribution in [0.3, 0.4) is 0 Å². The molecule has 5 rings (SSSR count). The maximum absolute atomic E-state index is 13.6. The number of imidazole rings is 1. The van der Waals surface area contributed by atoms with Gasteiger partial charge < -0.3 is 9.67 Å². The normalized spacial score (nSPS) is 16.9. The van der Waals surface area contributed by atoms with Crippen LogP contribution in [0.5, 0.6) is 5.75 Å². The van der Waals surface area contributed by atoms with E-state index in [2.05, 4.69) is 22.3 Å². The van der Waals surface area contributed by atoms with Crippen LogP contribution in [0.4, 0.5) is 5.82 Å². The van der Waals surface area contributed by atoms with Gasteiger partial charge in [0, 0.05) is 13.1 Å². The Hall–Kier alpha value is -3.72. The first kappa shape index (κ1) is 22.1. The zero-order valence-electron chi connectivity index (χ0n) is 18.6. The highest BCUT2D eigenvalue weighted by molar-refractivity contribution is 6.32. The topological polar surface area (TPSA) is 103 Å². The average Bonchev–Trinajstić information content (AvgIpc) is 3.39. The summed E-state index contributed by atoms with van der Waals surface area (Å²) in [6.45, 7) is 3.01. The van der Waals surface area contributed by atoms with Gasteiger partial charge in [0.15, 0.2) is 11.5 Å². The molecule has 10 heteroatoms. The standard InChI is InChI=1S/C24H23ClN6O3/c1-2-29-23(33)21-22(31-14-17(27-24(29)31)10-15-6-4-3-5-7-15)28-20(12-26-34)30(21)13-16-8-9-19(32)18(25)11-16/h3-9,11,17,32H,2,10,12-14H2,1H3/t17-/m1/s1. The summed E-state index contributed by atoms with van der Waals surface area (Å²) in [5.41, 5.74) is 2.32. The lowest BCUT2D eigenvalue weighted by molar-refractivity contribution is 0.0836. The molecule has 0 saturated carbocycles. The Morgan fingerprint density at radius 2 is 1.97 bits per heavy atom. The molecule has 0 radical (unpaired) electrons. The fourth-order valence-electron chi connectivity index (χ4n) is 4.53. The molecule has 174 valence electrons. The number of aromatic hydroxyl groups is 1. The van der Waals surface area contributed by atoms with Gasteiger partial charge in [-0.25, -0.2) is 9.98 Å². The number of phenolic OH excluding ortho intramolecular Hbond substituents is 1. The quantitative estimate of drug-likeness (QED) is 0.520. The predicted octanol–water partition coefficient (Wildman–Crippen LogP) is 3.82. The summed E-state index contributed by atoms with van der Waals surface area (Å²) in [5, 5.41) is 13.0. The number of aromatic nitrogens is 2. The Morgan fingerprint density at radius 3 is 2.68 bits per heavy atom. The maximum Gasteiger partial charge on any atom is 0.281 e. The molecule has 3 aromatic rings. The van der Waals surface area contributed by atoms with Crippen LogP contribution in [0.25, 0.3) is 0 Å². The highest BCUT2D eigenvalue weighted by Crippen LogP contribution is 2.34. The second-order valence-electron chi connectivity index (χ2n) is 8.29. The molecule has 1 atom stereocenters. The summed E-state index contributed by atoms with van der Waals surface area (Å²) in [4.78, 5) is 37.9. The van der Waals surface area contributed by atoms with Gasteiger partial charge in [-0.2, -0.15) is 4.91 Å². The number of aliphatic imine (C=N–C) groups is 1. The van der Waals surface area contributed by atoms with E-state index in [1.807, 2.05) is 30.0 Å². The molecule has 0 saturated heterocycles. The number of halogens is 1. The largest absolute Gasteiger partial charge is 0.506 e. The van der Waals surface area contributed by atoms with E-state index < -0.39 is 0 Å². The van der Waals surface area contributed by atoms with Crippen molar-refractivity contribution in [3.05, 3.63) is 81.1 Å². The van der Waals surface area contributed by atoms with E-state index in [9.17, 15) is 14.8 Å². The molecule has 0 fully saturated rings. The van der Waals surface area contributed by atoms with Gasteiger partial charge in [0.25, 0.3) is 5.91 Å². The van der Waals surface area contributed by atoms with Gasteiger partial charge in [0.1, 0.15) is 18.1 Å². The Bertz CT molecular complexity index is 1290. The summed E-state index contributed by atoms with van der Waals surface area (Å²) < 4.78 is 1.71. The van der Waals surface area contributed by atoms with Crippen molar-refractivity contribution in [2.45, 2.75) is 32.5 Å². The predicted molar refractivity (Wildman–Crippen MR) is 129 cm³/mol. The van der Waals surface area contributed by atoms with Crippen molar-refractivity contribution >= 4 is 29.3 Å². The van der Waals surface area contributed by atoms with Gasteiger partial charge in [-0.15, -0.1) is 0 Å². The number of guanidine groups is 1. The molecule has 1 aromatic heterocycles. The zero-order valence-corrected chi connectivity index (χ0v) is 19.3. The van der Waals surface area contributed by atoms with E-state index in [4.69, 9.17) is 16.6 Å². The molecular formula is C24H23ClN6O3. The van der Waals surface area contributed by atoms with Gasteiger partial charge in [-0.3, -0.25) is 14.6 Å². The van der Waals surface area contributed by atoms with Gasteiger partial charge in [0.2, 0.25) is 5.96 Å². The summed E-state index contributed by atoms with van der Waals surface area (Å²) in [5.74, 6) is 1.23. The first-order valence-corrected chi connectivity index (χ1v) is 11.4. The van der Waals surface area contributed by atoms with Crippen LogP contribution in [0.1, 0.15) is 34.4 Å². The van der Waals surface area contributed by atoms with Crippen molar-refractivity contribution in [3.63, 3.8) is 0 Å². The highest BCUT2D eigenvalue weighted by Gasteiger charge is 2.43. The molecule has 1 N–H and O–H groups in total. The van der Waals surface area contributed by atoms with E-state index in [0.717, 1.165) is 12.0 Å². The number of phenols is 1. The lowest BCUT2D eigenvalue weighted by atomic mass is 10.1. The fourth-order valence-corrected chi connectivity index (χ4v) is 4.73. The zero-order chi connectivity index (χ0) is 23.8. The summed E-state index contributed by atoms with van der Waals surface area (Å²) >= 11 is 6.09. The fraction of sp³-hybridized carbons (Fsp3) is 0.292. The molecule has 34 heavy (non-hydrogen) atoms. The average molecular weight is 479 g/mol. The van der Waals surface area contributed by atoms with Crippen LogP contribution < -0.4 is 4.90 Å². The van der Waals surface area contributed by atoms with Crippen LogP contribution in [-0.2, 0) is 19.5 Å². The highest BCUT2D eigenvalue weighted by atomic mass is 35.5. The molecule has 2 aromatic carbocycles. The number of nitroso groups, excluding NO2 is 1. The minimum absolute atomic E-state index is 0.0246. The van der Waals surface area contributed by atoms with E-state index in [-0.39, 0.29) is 35.8 Å². The molecule has 1 amide bonds. The van der Waals surface area contributed by atoms with Gasteiger partial charge in [-0.05, 0) is 36.6 Å². The van der Waals surface area contributed by atoms with Crippen LogP contribution in [0.15, 0.2) is 58.7 Å². The van der Waals surface area contributed by atoms with Gasteiger partial charge in [0.05, 0.1) is 17.6 Å². The number of benzene rings is 2. The molecule has 9 nitrogen and oxygen atoms in total. The number of fused-ring (bicyclic) bond motifs is 3. The molecule has 0 aliphatic carbocycles. The van der Waals surface area contributed by atoms with Crippen molar-refractivity contribution in [1.82, 2.24) is 14.5 Å². The van der Waals surface area contributed by atoms with Gasteiger partial charge >= 0.3 is 0 Å². The second-order valence-corrected chi connectivity index (χ2v) is 8.70. The second kappa shape index (κ2) is 8.90. The van der Waals surface area contributed by atoms with Gasteiger partial charge in [-0.1, -0.05) is 53.2 Å². The first-order valence-electron chi connectivity index (χ1n) is 11.1. The van der Waals surface area contributed by atoms with Crippen LogP contribution in [0.2, 0.25) is 5.02 Å². The number of nitrogens with zero attached hydrogens (tertiary/aromatic N) is 6. The molecule has 0 spiro atoms. The summed E-state index contributed by atoms with van der Waals surface area (Å²) in [7, 11) is 0. The monoisotopic (exact) mass is 478 g/mol. The minimum Gasteiger partial charge on any atom is -0.506 e. The lowest BCUT2D eigenvalue weighted by Gasteiger charge is -2.33.